The van der Waals surface area contributed by atoms with Crippen LogP contribution in [0.2, 0.25) is 0 Å². The molecule has 0 spiro atoms. The van der Waals surface area contributed by atoms with E-state index in [2.05, 4.69) is 19.9 Å². The number of Topliss-reactive ketones (excluding diaryl/α,β-unsaturated/α-hetero) is 1. The molecular weight excluding hydrogens is 356 g/mol. The average Bonchev–Trinajstić information content (AvgIpc) is 2.92. The molecule has 2 heterocycles. The minimum atomic E-state index is -1.36. The summed E-state index contributed by atoms with van der Waals surface area (Å²) in [6, 6.07) is 0. The maximum atomic E-state index is 12.7. The molecule has 5 heteroatoms. The van der Waals surface area contributed by atoms with Gasteiger partial charge in [-0.05, 0) is 50.5 Å². The molecule has 148 valence electrons. The van der Waals surface area contributed by atoms with E-state index in [1.54, 1.807) is 13.0 Å². The van der Waals surface area contributed by atoms with Crippen LogP contribution < -0.4 is 0 Å². The predicted molar refractivity (Wildman–Crippen MR) is 105 cm³/mol. The van der Waals surface area contributed by atoms with Crippen molar-refractivity contribution in [2.24, 2.45) is 17.8 Å². The monoisotopic (exact) mass is 382 g/mol. The second-order valence-electron chi connectivity index (χ2n) is 7.93. The van der Waals surface area contributed by atoms with Gasteiger partial charge >= 0.3 is 5.97 Å². The van der Waals surface area contributed by atoms with Gasteiger partial charge in [0, 0.05) is 5.57 Å². The summed E-state index contributed by atoms with van der Waals surface area (Å²) in [6.45, 7) is 9.25. The van der Waals surface area contributed by atoms with E-state index in [0.29, 0.717) is 22.8 Å². The first kappa shape index (κ1) is 20.1. The molecule has 28 heavy (non-hydrogen) atoms. The SMILES string of the molecule is CCC(C)C=C(C)C=CC1=CC2=CC(=O)C3(C)OC(=O)C(C(C)=O)C3C2=CO1. The van der Waals surface area contributed by atoms with Gasteiger partial charge in [-0.2, -0.15) is 0 Å². The van der Waals surface area contributed by atoms with Crippen molar-refractivity contribution in [3.8, 4) is 0 Å². The van der Waals surface area contributed by atoms with Crippen molar-refractivity contribution in [3.05, 3.63) is 59.1 Å². The number of carbonyl (C=O) groups excluding carboxylic acids is 3. The van der Waals surface area contributed by atoms with Crippen LogP contribution in [0.5, 0.6) is 0 Å². The van der Waals surface area contributed by atoms with E-state index < -0.39 is 23.4 Å². The Balaban J connectivity index is 1.91. The maximum absolute atomic E-state index is 12.7. The van der Waals surface area contributed by atoms with Crippen LogP contribution >= 0.6 is 0 Å². The summed E-state index contributed by atoms with van der Waals surface area (Å²) < 4.78 is 11.1. The summed E-state index contributed by atoms with van der Waals surface area (Å²) in [5.74, 6) is -1.84. The lowest BCUT2D eigenvalue weighted by Crippen LogP contribution is -2.46. The summed E-state index contributed by atoms with van der Waals surface area (Å²) in [5, 5.41) is 0. The van der Waals surface area contributed by atoms with Gasteiger partial charge < -0.3 is 9.47 Å². The number of carbonyl (C=O) groups is 3. The van der Waals surface area contributed by atoms with Crippen LogP contribution in [0.1, 0.15) is 41.0 Å². The lowest BCUT2D eigenvalue weighted by atomic mass is 9.68. The van der Waals surface area contributed by atoms with Gasteiger partial charge in [-0.3, -0.25) is 14.4 Å². The van der Waals surface area contributed by atoms with Gasteiger partial charge in [0.2, 0.25) is 0 Å². The quantitative estimate of drug-likeness (QED) is 0.409. The number of esters is 1. The number of rotatable bonds is 5. The molecule has 4 unspecified atom stereocenters. The highest BCUT2D eigenvalue weighted by Crippen LogP contribution is 2.49. The van der Waals surface area contributed by atoms with Gasteiger partial charge in [-0.15, -0.1) is 0 Å². The van der Waals surface area contributed by atoms with Crippen molar-refractivity contribution in [3.63, 3.8) is 0 Å². The first-order valence-corrected chi connectivity index (χ1v) is 9.62. The zero-order chi connectivity index (χ0) is 20.6. The van der Waals surface area contributed by atoms with Crippen molar-refractivity contribution < 1.29 is 23.9 Å². The largest absolute Gasteiger partial charge is 0.465 e. The maximum Gasteiger partial charge on any atom is 0.318 e. The highest BCUT2D eigenvalue weighted by atomic mass is 16.6. The van der Waals surface area contributed by atoms with Gasteiger partial charge in [-0.25, -0.2) is 0 Å². The molecule has 0 saturated carbocycles. The molecule has 1 aliphatic carbocycles. The summed E-state index contributed by atoms with van der Waals surface area (Å²) >= 11 is 0. The van der Waals surface area contributed by atoms with E-state index in [1.807, 2.05) is 19.1 Å². The van der Waals surface area contributed by atoms with Crippen LogP contribution in [-0.4, -0.2) is 23.1 Å². The first-order valence-electron chi connectivity index (χ1n) is 9.62. The van der Waals surface area contributed by atoms with Crippen LogP contribution in [-0.2, 0) is 23.9 Å². The van der Waals surface area contributed by atoms with Crippen molar-refractivity contribution in [1.29, 1.82) is 0 Å². The minimum absolute atomic E-state index is 0.309. The number of ether oxygens (including phenoxy) is 2. The van der Waals surface area contributed by atoms with Crippen LogP contribution in [0.4, 0.5) is 0 Å². The molecule has 0 aromatic carbocycles. The third-order valence-corrected chi connectivity index (χ3v) is 5.70. The summed E-state index contributed by atoms with van der Waals surface area (Å²) in [7, 11) is 0. The fraction of sp³-hybridized carbons (Fsp3) is 0.435. The Kier molecular flexibility index (Phi) is 5.28. The molecule has 1 saturated heterocycles. The smallest absolute Gasteiger partial charge is 0.318 e. The lowest BCUT2D eigenvalue weighted by Gasteiger charge is -2.35. The number of fused-ring (bicyclic) bond motifs is 3. The molecule has 2 aliphatic heterocycles. The van der Waals surface area contributed by atoms with Crippen molar-refractivity contribution in [2.45, 2.75) is 46.6 Å². The highest BCUT2D eigenvalue weighted by molar-refractivity contribution is 6.09. The molecule has 3 rings (SSSR count). The van der Waals surface area contributed by atoms with Gasteiger partial charge in [-0.1, -0.05) is 38.0 Å². The molecule has 0 aromatic rings. The van der Waals surface area contributed by atoms with E-state index >= 15 is 0 Å². The van der Waals surface area contributed by atoms with Gasteiger partial charge in [0.05, 0.1) is 12.2 Å². The van der Waals surface area contributed by atoms with Gasteiger partial charge in [0.1, 0.15) is 17.5 Å². The number of ketones is 2. The van der Waals surface area contributed by atoms with Gasteiger partial charge in [0.25, 0.3) is 0 Å². The highest BCUT2D eigenvalue weighted by Gasteiger charge is 2.61. The predicted octanol–water partition coefficient (Wildman–Crippen LogP) is 3.98. The second-order valence-corrected chi connectivity index (χ2v) is 7.93. The van der Waals surface area contributed by atoms with E-state index in [0.717, 1.165) is 12.0 Å². The number of hydrogen-bond acceptors (Lipinski definition) is 5. The zero-order valence-corrected chi connectivity index (χ0v) is 16.9. The van der Waals surface area contributed by atoms with Crippen LogP contribution in [0.25, 0.3) is 0 Å². The Morgan fingerprint density at radius 3 is 2.64 bits per heavy atom. The van der Waals surface area contributed by atoms with Crippen LogP contribution in [0.15, 0.2) is 59.1 Å². The lowest BCUT2D eigenvalue weighted by molar-refractivity contribution is -0.156. The van der Waals surface area contributed by atoms with Crippen LogP contribution in [0.3, 0.4) is 0 Å². The Bertz CT molecular complexity index is 883. The molecule has 0 N–H and O–H groups in total. The Hall–Kier alpha value is -2.69. The Labute approximate surface area is 165 Å². The third kappa shape index (κ3) is 3.41. The van der Waals surface area contributed by atoms with E-state index in [1.165, 1.54) is 19.3 Å². The zero-order valence-electron chi connectivity index (χ0n) is 16.9. The fourth-order valence-corrected chi connectivity index (χ4v) is 3.93. The van der Waals surface area contributed by atoms with Crippen molar-refractivity contribution in [1.82, 2.24) is 0 Å². The molecule has 5 nitrogen and oxygen atoms in total. The standard InChI is InChI=1S/C23H26O5/c1-6-13(2)9-14(3)7-8-17-10-16-11-19(25)23(5)21(18(16)12-27-17)20(15(4)24)22(26)28-23/h7-13,20-21H,6H2,1-5H3. The van der Waals surface area contributed by atoms with Gasteiger partial charge in [0.15, 0.2) is 11.4 Å². The first-order chi connectivity index (χ1) is 13.2. The Morgan fingerprint density at radius 1 is 1.29 bits per heavy atom. The second kappa shape index (κ2) is 7.38. The average molecular weight is 382 g/mol. The van der Waals surface area contributed by atoms with Crippen molar-refractivity contribution in [2.75, 3.05) is 0 Å². The molecule has 3 aliphatic rings. The van der Waals surface area contributed by atoms with Crippen LogP contribution in [0, 0.1) is 17.8 Å². The molecule has 1 fully saturated rings. The minimum Gasteiger partial charge on any atom is -0.465 e. The normalized spacial score (nSPS) is 30.6. The summed E-state index contributed by atoms with van der Waals surface area (Å²) in [5.41, 5.74) is 1.08. The Morgan fingerprint density at radius 2 is 2.00 bits per heavy atom. The molecule has 0 bridgehead atoms. The molecule has 0 amide bonds. The molecule has 0 aromatic heterocycles. The topological polar surface area (TPSA) is 69.7 Å². The van der Waals surface area contributed by atoms with E-state index in [-0.39, 0.29) is 11.6 Å². The third-order valence-electron chi connectivity index (χ3n) is 5.70. The van der Waals surface area contributed by atoms with E-state index in [9.17, 15) is 14.4 Å². The van der Waals surface area contributed by atoms with Crippen molar-refractivity contribution >= 4 is 17.5 Å². The molecular formula is C23H26O5. The number of hydrogen-bond donors (Lipinski definition) is 0. The molecule has 4 atom stereocenters. The number of allylic oxidation sites excluding steroid dienone is 6. The summed E-state index contributed by atoms with van der Waals surface area (Å²) in [4.78, 5) is 37.0. The molecule has 0 radical (unpaired) electrons. The van der Waals surface area contributed by atoms with E-state index in [4.69, 9.17) is 9.47 Å². The fourth-order valence-electron chi connectivity index (χ4n) is 3.93. The summed E-state index contributed by atoms with van der Waals surface area (Å²) in [6.07, 6.45) is 11.8.